The minimum absolute atomic E-state index is 0.156. The van der Waals surface area contributed by atoms with E-state index in [-0.39, 0.29) is 6.04 Å². The topological polar surface area (TPSA) is 35.2 Å². The third-order valence-corrected chi connectivity index (χ3v) is 2.31. The monoisotopic (exact) mass is 227 g/mol. The first kappa shape index (κ1) is 12.3. The Labute approximate surface area is 96.4 Å². The van der Waals surface area contributed by atoms with Crippen molar-refractivity contribution in [1.29, 1.82) is 0 Å². The molecule has 2 N–H and O–H groups in total. The molecule has 0 bridgehead atoms. The summed E-state index contributed by atoms with van der Waals surface area (Å²) in [5, 5.41) is 0.668. The fourth-order valence-corrected chi connectivity index (χ4v) is 1.63. The molecule has 84 valence electrons. The third-order valence-electron chi connectivity index (χ3n) is 2.02. The third kappa shape index (κ3) is 4.10. The molecule has 0 spiro atoms. The highest BCUT2D eigenvalue weighted by Crippen LogP contribution is 2.25. The van der Waals surface area contributed by atoms with Crippen molar-refractivity contribution in [1.82, 2.24) is 0 Å². The van der Waals surface area contributed by atoms with E-state index in [1.165, 1.54) is 0 Å². The SMILES string of the molecule is CCCOc1ccc(CC(C)N)cc1Cl. The lowest BCUT2D eigenvalue weighted by molar-refractivity contribution is 0.317. The van der Waals surface area contributed by atoms with Gasteiger partial charge in [0.05, 0.1) is 11.6 Å². The van der Waals surface area contributed by atoms with Gasteiger partial charge in [-0.2, -0.15) is 0 Å². The van der Waals surface area contributed by atoms with Gasteiger partial charge >= 0.3 is 0 Å². The van der Waals surface area contributed by atoms with Gasteiger partial charge in [0.15, 0.2) is 0 Å². The zero-order valence-corrected chi connectivity index (χ0v) is 10.1. The molecular formula is C12H18ClNO. The number of nitrogens with two attached hydrogens (primary N) is 1. The van der Waals surface area contributed by atoms with Gasteiger partial charge in [-0.3, -0.25) is 0 Å². The van der Waals surface area contributed by atoms with Crippen LogP contribution in [0.2, 0.25) is 5.02 Å². The molecule has 1 atom stereocenters. The zero-order chi connectivity index (χ0) is 11.3. The van der Waals surface area contributed by atoms with Gasteiger partial charge < -0.3 is 10.5 Å². The zero-order valence-electron chi connectivity index (χ0n) is 9.29. The van der Waals surface area contributed by atoms with Crippen LogP contribution in [0, 0.1) is 0 Å². The van der Waals surface area contributed by atoms with Crippen LogP contribution in [0.1, 0.15) is 25.8 Å². The highest BCUT2D eigenvalue weighted by molar-refractivity contribution is 6.32. The van der Waals surface area contributed by atoms with Crippen LogP contribution < -0.4 is 10.5 Å². The van der Waals surface area contributed by atoms with Crippen LogP contribution >= 0.6 is 11.6 Å². The minimum Gasteiger partial charge on any atom is -0.492 e. The van der Waals surface area contributed by atoms with E-state index in [1.54, 1.807) is 0 Å². The summed E-state index contributed by atoms with van der Waals surface area (Å²) in [6.07, 6.45) is 1.83. The van der Waals surface area contributed by atoms with Gasteiger partial charge in [0.1, 0.15) is 5.75 Å². The maximum absolute atomic E-state index is 6.08. The summed E-state index contributed by atoms with van der Waals surface area (Å²) in [5.41, 5.74) is 6.87. The summed E-state index contributed by atoms with van der Waals surface area (Å²) in [5.74, 6) is 0.756. The van der Waals surface area contributed by atoms with Gasteiger partial charge in [-0.25, -0.2) is 0 Å². The van der Waals surface area contributed by atoms with E-state index in [0.29, 0.717) is 11.6 Å². The second-order valence-electron chi connectivity index (χ2n) is 3.79. The molecule has 0 radical (unpaired) electrons. The molecule has 0 saturated carbocycles. The quantitative estimate of drug-likeness (QED) is 0.839. The fourth-order valence-electron chi connectivity index (χ4n) is 1.37. The van der Waals surface area contributed by atoms with Gasteiger partial charge in [0.25, 0.3) is 0 Å². The second kappa shape index (κ2) is 5.99. The summed E-state index contributed by atoms with van der Waals surface area (Å²) in [6.45, 7) is 4.75. The van der Waals surface area contributed by atoms with Crippen LogP contribution in [-0.2, 0) is 6.42 Å². The maximum Gasteiger partial charge on any atom is 0.137 e. The molecule has 0 aliphatic heterocycles. The van der Waals surface area contributed by atoms with Crippen molar-refractivity contribution in [2.75, 3.05) is 6.61 Å². The van der Waals surface area contributed by atoms with Crippen molar-refractivity contribution >= 4 is 11.6 Å². The van der Waals surface area contributed by atoms with E-state index in [1.807, 2.05) is 25.1 Å². The Morgan fingerprint density at radius 2 is 2.20 bits per heavy atom. The van der Waals surface area contributed by atoms with E-state index in [0.717, 1.165) is 24.2 Å². The molecule has 0 saturated heterocycles. The lowest BCUT2D eigenvalue weighted by Crippen LogP contribution is -2.17. The van der Waals surface area contributed by atoms with Crippen LogP contribution in [0.5, 0.6) is 5.75 Å². The highest BCUT2D eigenvalue weighted by Gasteiger charge is 2.04. The molecule has 1 rings (SSSR count). The molecule has 0 aliphatic carbocycles. The van der Waals surface area contributed by atoms with Gasteiger partial charge in [-0.05, 0) is 37.5 Å². The van der Waals surface area contributed by atoms with Gasteiger partial charge in [-0.15, -0.1) is 0 Å². The van der Waals surface area contributed by atoms with Crippen LogP contribution in [0.4, 0.5) is 0 Å². The van der Waals surface area contributed by atoms with E-state index < -0.39 is 0 Å². The summed E-state index contributed by atoms with van der Waals surface area (Å²) >= 11 is 6.08. The second-order valence-corrected chi connectivity index (χ2v) is 4.20. The van der Waals surface area contributed by atoms with E-state index in [4.69, 9.17) is 22.1 Å². The predicted molar refractivity (Wildman–Crippen MR) is 64.6 cm³/mol. The van der Waals surface area contributed by atoms with Crippen LogP contribution in [0.3, 0.4) is 0 Å². The first-order valence-electron chi connectivity index (χ1n) is 5.30. The van der Waals surface area contributed by atoms with Crippen molar-refractivity contribution in [2.45, 2.75) is 32.7 Å². The first-order valence-corrected chi connectivity index (χ1v) is 5.68. The first-order chi connectivity index (χ1) is 7.13. The van der Waals surface area contributed by atoms with Crippen molar-refractivity contribution < 1.29 is 4.74 Å². The Balaban J connectivity index is 2.69. The lowest BCUT2D eigenvalue weighted by atomic mass is 10.1. The number of ether oxygens (including phenoxy) is 1. The molecule has 1 unspecified atom stereocenters. The Kier molecular flexibility index (Phi) is 4.92. The molecule has 15 heavy (non-hydrogen) atoms. The molecule has 0 aliphatic rings. The smallest absolute Gasteiger partial charge is 0.137 e. The van der Waals surface area contributed by atoms with E-state index in [9.17, 15) is 0 Å². The van der Waals surface area contributed by atoms with Crippen LogP contribution in [0.15, 0.2) is 18.2 Å². The number of halogens is 1. The molecular weight excluding hydrogens is 210 g/mol. The summed E-state index contributed by atoms with van der Waals surface area (Å²) in [7, 11) is 0. The average molecular weight is 228 g/mol. The summed E-state index contributed by atoms with van der Waals surface area (Å²) in [4.78, 5) is 0. The summed E-state index contributed by atoms with van der Waals surface area (Å²) in [6, 6.07) is 6.01. The van der Waals surface area contributed by atoms with Crippen LogP contribution in [0.25, 0.3) is 0 Å². The van der Waals surface area contributed by atoms with Crippen molar-refractivity contribution in [2.24, 2.45) is 5.73 Å². The van der Waals surface area contributed by atoms with Crippen molar-refractivity contribution in [3.63, 3.8) is 0 Å². The largest absolute Gasteiger partial charge is 0.492 e. The minimum atomic E-state index is 0.156. The van der Waals surface area contributed by atoms with Crippen molar-refractivity contribution in [3.05, 3.63) is 28.8 Å². The van der Waals surface area contributed by atoms with Crippen LogP contribution in [-0.4, -0.2) is 12.6 Å². The predicted octanol–water partition coefficient (Wildman–Crippen LogP) is 3.02. The average Bonchev–Trinajstić information content (AvgIpc) is 2.15. The highest BCUT2D eigenvalue weighted by atomic mass is 35.5. The number of hydrogen-bond acceptors (Lipinski definition) is 2. The normalized spacial score (nSPS) is 12.5. The number of benzene rings is 1. The lowest BCUT2D eigenvalue weighted by Gasteiger charge is -2.09. The molecule has 1 aromatic carbocycles. The molecule has 2 nitrogen and oxygen atoms in total. The van der Waals surface area contributed by atoms with Gasteiger partial charge in [-0.1, -0.05) is 24.6 Å². The Morgan fingerprint density at radius 3 is 2.73 bits per heavy atom. The Hall–Kier alpha value is -0.730. The molecule has 0 aromatic heterocycles. The maximum atomic E-state index is 6.08. The number of hydrogen-bond donors (Lipinski definition) is 1. The Bertz CT molecular complexity index is 312. The van der Waals surface area contributed by atoms with Crippen molar-refractivity contribution in [3.8, 4) is 5.75 Å². The fraction of sp³-hybridized carbons (Fsp3) is 0.500. The molecule has 0 heterocycles. The van der Waals surface area contributed by atoms with Gasteiger partial charge in [0.2, 0.25) is 0 Å². The van der Waals surface area contributed by atoms with Gasteiger partial charge in [0, 0.05) is 6.04 Å². The molecule has 0 fully saturated rings. The standard InChI is InChI=1S/C12H18ClNO/c1-3-6-15-12-5-4-10(7-9(2)14)8-11(12)13/h4-5,8-9H,3,6-7,14H2,1-2H3. The van der Waals surface area contributed by atoms with E-state index >= 15 is 0 Å². The Morgan fingerprint density at radius 1 is 1.47 bits per heavy atom. The molecule has 3 heteroatoms. The summed E-state index contributed by atoms with van der Waals surface area (Å²) < 4.78 is 5.48. The van der Waals surface area contributed by atoms with E-state index in [2.05, 4.69) is 6.92 Å². The molecule has 0 amide bonds. The molecule has 1 aromatic rings. The number of rotatable bonds is 5.